The standard InChI is InChI=1S/C24H21N7S/c1-16-20(14-29-31(16)19-6-5-9-27-13-19)17-10-23(24-18(11-25)12-28-30(24)15-17)32-22-8-4-3-7-21(22)26-2/h3-4,7-8,10,12,14-15,19,27H,5-6,9,13H2,1H3/t19-/m1/s1. The van der Waals surface area contributed by atoms with Gasteiger partial charge < -0.3 is 5.32 Å². The molecular formula is C24H21N7S. The summed E-state index contributed by atoms with van der Waals surface area (Å²) in [6.45, 7) is 11.6. The SMILES string of the molecule is [C-]#[N+]c1ccccc1Sc1cc(-c2cnn([C@@H]3CCCNC3)c2C)cn2ncc(C#N)c12. The molecule has 1 N–H and O–H groups in total. The molecule has 8 heteroatoms. The zero-order valence-corrected chi connectivity index (χ0v) is 18.4. The lowest BCUT2D eigenvalue weighted by Crippen LogP contribution is -2.32. The largest absolute Gasteiger partial charge is 0.315 e. The summed E-state index contributed by atoms with van der Waals surface area (Å²) >= 11 is 1.49. The molecule has 1 saturated heterocycles. The van der Waals surface area contributed by atoms with E-state index in [1.54, 1.807) is 10.7 Å². The molecule has 1 aliphatic rings. The van der Waals surface area contributed by atoms with Crippen LogP contribution in [0.25, 0.3) is 21.5 Å². The molecule has 1 fully saturated rings. The fourth-order valence-corrected chi connectivity index (χ4v) is 5.35. The predicted molar refractivity (Wildman–Crippen MR) is 124 cm³/mol. The molecular weight excluding hydrogens is 418 g/mol. The molecule has 158 valence electrons. The molecule has 4 heterocycles. The topological polar surface area (TPSA) is 75.3 Å². The first-order valence-electron chi connectivity index (χ1n) is 10.5. The number of pyridine rings is 1. The summed E-state index contributed by atoms with van der Waals surface area (Å²) in [6, 6.07) is 12.2. The molecule has 3 aromatic heterocycles. The Balaban J connectivity index is 1.62. The Labute approximate surface area is 190 Å². The van der Waals surface area contributed by atoms with Crippen LogP contribution in [0.2, 0.25) is 0 Å². The number of hydrogen-bond acceptors (Lipinski definition) is 5. The van der Waals surface area contributed by atoms with Crippen LogP contribution in [-0.2, 0) is 0 Å². The molecule has 1 aromatic carbocycles. The third-order valence-electron chi connectivity index (χ3n) is 5.88. The molecule has 5 rings (SSSR count). The van der Waals surface area contributed by atoms with E-state index in [0.29, 0.717) is 17.3 Å². The molecule has 7 nitrogen and oxygen atoms in total. The lowest BCUT2D eigenvalue weighted by molar-refractivity contribution is 0.342. The van der Waals surface area contributed by atoms with E-state index in [-0.39, 0.29) is 0 Å². The third-order valence-corrected chi connectivity index (χ3v) is 6.97. The van der Waals surface area contributed by atoms with Crippen molar-refractivity contribution >= 4 is 23.0 Å². The average molecular weight is 440 g/mol. The van der Waals surface area contributed by atoms with Crippen molar-refractivity contribution in [3.63, 3.8) is 0 Å². The van der Waals surface area contributed by atoms with Gasteiger partial charge in [0.2, 0.25) is 5.69 Å². The van der Waals surface area contributed by atoms with Gasteiger partial charge in [0.15, 0.2) is 0 Å². The van der Waals surface area contributed by atoms with Crippen molar-refractivity contribution in [3.05, 3.63) is 71.6 Å². The van der Waals surface area contributed by atoms with Crippen molar-refractivity contribution in [1.29, 1.82) is 5.26 Å². The molecule has 1 atom stereocenters. The highest BCUT2D eigenvalue weighted by Gasteiger charge is 2.21. The summed E-state index contributed by atoms with van der Waals surface area (Å²) in [5.74, 6) is 0. The van der Waals surface area contributed by atoms with Crippen molar-refractivity contribution in [1.82, 2.24) is 24.7 Å². The Morgan fingerprint density at radius 1 is 1.25 bits per heavy atom. The number of benzene rings is 1. The fraction of sp³-hybridized carbons (Fsp3) is 0.250. The van der Waals surface area contributed by atoms with Gasteiger partial charge in [0, 0.05) is 39.4 Å². The zero-order valence-electron chi connectivity index (χ0n) is 17.6. The zero-order chi connectivity index (χ0) is 22.1. The summed E-state index contributed by atoms with van der Waals surface area (Å²) in [5.41, 5.74) is 5.01. The highest BCUT2D eigenvalue weighted by atomic mass is 32.2. The van der Waals surface area contributed by atoms with E-state index < -0.39 is 0 Å². The second-order valence-corrected chi connectivity index (χ2v) is 8.91. The maximum atomic E-state index is 9.61. The average Bonchev–Trinajstić information content (AvgIpc) is 3.43. The molecule has 1 aliphatic heterocycles. The van der Waals surface area contributed by atoms with Crippen molar-refractivity contribution in [2.45, 2.75) is 35.6 Å². The van der Waals surface area contributed by atoms with Gasteiger partial charge in [0.1, 0.15) is 6.07 Å². The molecule has 0 saturated carbocycles. The number of piperidine rings is 1. The lowest BCUT2D eigenvalue weighted by atomic mass is 10.1. The van der Waals surface area contributed by atoms with E-state index in [1.807, 2.05) is 36.7 Å². The van der Waals surface area contributed by atoms with Crippen LogP contribution in [0.3, 0.4) is 0 Å². The monoisotopic (exact) mass is 439 g/mol. The number of fused-ring (bicyclic) bond motifs is 1. The van der Waals surface area contributed by atoms with Gasteiger partial charge in [-0.3, -0.25) is 4.68 Å². The van der Waals surface area contributed by atoms with Crippen molar-refractivity contribution in [2.75, 3.05) is 13.1 Å². The second-order valence-electron chi connectivity index (χ2n) is 7.83. The van der Waals surface area contributed by atoms with Crippen LogP contribution < -0.4 is 5.32 Å². The molecule has 0 unspecified atom stereocenters. The van der Waals surface area contributed by atoms with Crippen LogP contribution in [0, 0.1) is 24.8 Å². The van der Waals surface area contributed by atoms with Crippen molar-refractivity contribution in [2.24, 2.45) is 0 Å². The Hall–Kier alpha value is -3.59. The highest BCUT2D eigenvalue weighted by Crippen LogP contribution is 2.40. The number of rotatable bonds is 4. The molecule has 0 amide bonds. The number of aromatic nitrogens is 4. The van der Waals surface area contributed by atoms with Crippen LogP contribution >= 0.6 is 11.8 Å². The first-order chi connectivity index (χ1) is 15.7. The number of nitrogens with zero attached hydrogens (tertiary/aromatic N) is 6. The first kappa shape index (κ1) is 20.3. The molecule has 0 radical (unpaired) electrons. The molecule has 32 heavy (non-hydrogen) atoms. The van der Waals surface area contributed by atoms with E-state index in [2.05, 4.69) is 39.0 Å². The van der Waals surface area contributed by atoms with Crippen LogP contribution in [0.5, 0.6) is 0 Å². The quantitative estimate of drug-likeness (QED) is 0.453. The maximum absolute atomic E-state index is 9.61. The first-order valence-corrected chi connectivity index (χ1v) is 11.3. The Morgan fingerprint density at radius 2 is 2.12 bits per heavy atom. The molecule has 0 bridgehead atoms. The van der Waals surface area contributed by atoms with E-state index in [1.165, 1.54) is 11.8 Å². The van der Waals surface area contributed by atoms with Gasteiger partial charge in [-0.15, -0.1) is 0 Å². The van der Waals surface area contributed by atoms with E-state index >= 15 is 0 Å². The number of hydrogen-bond donors (Lipinski definition) is 1. The summed E-state index contributed by atoms with van der Waals surface area (Å²) in [4.78, 5) is 5.39. The fourth-order valence-electron chi connectivity index (χ4n) is 4.26. The minimum absolute atomic E-state index is 0.357. The minimum Gasteiger partial charge on any atom is -0.315 e. The van der Waals surface area contributed by atoms with Crippen molar-refractivity contribution in [3.8, 4) is 17.2 Å². The van der Waals surface area contributed by atoms with E-state index in [4.69, 9.17) is 11.7 Å². The van der Waals surface area contributed by atoms with E-state index in [0.717, 1.165) is 58.1 Å². The van der Waals surface area contributed by atoms with Gasteiger partial charge in [0.05, 0.1) is 36.1 Å². The van der Waals surface area contributed by atoms with Gasteiger partial charge in [-0.05, 0) is 32.4 Å². The Morgan fingerprint density at radius 3 is 2.91 bits per heavy atom. The summed E-state index contributed by atoms with van der Waals surface area (Å²) in [7, 11) is 0. The molecule has 4 aromatic rings. The third kappa shape index (κ3) is 3.54. The number of nitrogens with one attached hydrogen (secondary N) is 1. The number of para-hydroxylation sites is 1. The minimum atomic E-state index is 0.357. The van der Waals surface area contributed by atoms with Crippen LogP contribution in [-0.4, -0.2) is 32.5 Å². The smallest absolute Gasteiger partial charge is 0.200 e. The normalized spacial score (nSPS) is 16.0. The van der Waals surface area contributed by atoms with Gasteiger partial charge in [0.25, 0.3) is 0 Å². The van der Waals surface area contributed by atoms with Crippen LogP contribution in [0.15, 0.2) is 58.7 Å². The maximum Gasteiger partial charge on any atom is 0.200 e. The lowest BCUT2D eigenvalue weighted by Gasteiger charge is -2.24. The summed E-state index contributed by atoms with van der Waals surface area (Å²) < 4.78 is 3.88. The van der Waals surface area contributed by atoms with Crippen LogP contribution in [0.1, 0.15) is 30.1 Å². The van der Waals surface area contributed by atoms with Crippen molar-refractivity contribution < 1.29 is 0 Å². The Bertz CT molecular complexity index is 1380. The van der Waals surface area contributed by atoms with E-state index in [9.17, 15) is 5.26 Å². The van der Waals surface area contributed by atoms with Gasteiger partial charge in [-0.1, -0.05) is 36.0 Å². The van der Waals surface area contributed by atoms with Gasteiger partial charge in [-0.2, -0.15) is 15.5 Å². The predicted octanol–water partition coefficient (Wildman–Crippen LogP) is 5.00. The summed E-state index contributed by atoms with van der Waals surface area (Å²) in [6.07, 6.45) is 7.73. The Kier molecular flexibility index (Phi) is 5.40. The molecule has 0 aliphatic carbocycles. The summed E-state index contributed by atoms with van der Waals surface area (Å²) in [5, 5.41) is 22.2. The highest BCUT2D eigenvalue weighted by molar-refractivity contribution is 7.99. The van der Waals surface area contributed by atoms with Crippen LogP contribution in [0.4, 0.5) is 5.69 Å². The van der Waals surface area contributed by atoms with Gasteiger partial charge >= 0.3 is 0 Å². The number of nitriles is 1. The molecule has 0 spiro atoms. The second kappa shape index (κ2) is 8.51. The van der Waals surface area contributed by atoms with Gasteiger partial charge in [-0.25, -0.2) is 9.36 Å².